The molecule has 88 valence electrons. The van der Waals surface area contributed by atoms with Gasteiger partial charge in [-0.1, -0.05) is 19.1 Å². The van der Waals surface area contributed by atoms with Gasteiger partial charge in [0.2, 0.25) is 0 Å². The van der Waals surface area contributed by atoms with Crippen LogP contribution in [0.5, 0.6) is 0 Å². The Balaban J connectivity index is 2.15. The number of piperidine rings is 1. The van der Waals surface area contributed by atoms with Crippen LogP contribution in [-0.4, -0.2) is 17.7 Å². The molecule has 2 heteroatoms. The fourth-order valence-electron chi connectivity index (χ4n) is 2.44. The third kappa shape index (κ3) is 2.38. The number of anilines is 1. The molecule has 0 spiro atoms. The van der Waals surface area contributed by atoms with Gasteiger partial charge in [-0.2, -0.15) is 0 Å². The molecule has 0 aromatic heterocycles. The van der Waals surface area contributed by atoms with Crippen LogP contribution in [0, 0.1) is 5.92 Å². The molecule has 1 heterocycles. The Morgan fingerprint density at radius 2 is 1.88 bits per heavy atom. The molecule has 2 unspecified atom stereocenters. The molecule has 2 atom stereocenters. The minimum absolute atomic E-state index is 0.131. The molecule has 1 aromatic rings. The molecule has 1 aliphatic rings. The first-order valence-corrected chi connectivity index (χ1v) is 6.17. The molecule has 2 rings (SSSR count). The van der Waals surface area contributed by atoms with E-state index in [9.17, 15) is 0 Å². The van der Waals surface area contributed by atoms with Gasteiger partial charge in [-0.3, -0.25) is 0 Å². The molecule has 1 aliphatic heterocycles. The third-order valence-corrected chi connectivity index (χ3v) is 3.57. The van der Waals surface area contributed by atoms with E-state index in [-0.39, 0.29) is 6.61 Å². The highest BCUT2D eigenvalue weighted by molar-refractivity contribution is 5.48. The Hall–Kier alpha value is -1.02. The molecule has 0 radical (unpaired) electrons. The Labute approximate surface area is 97.9 Å². The summed E-state index contributed by atoms with van der Waals surface area (Å²) in [6.07, 6.45) is 2.62. The van der Waals surface area contributed by atoms with Crippen LogP contribution in [0.4, 0.5) is 5.69 Å². The van der Waals surface area contributed by atoms with Gasteiger partial charge in [0.15, 0.2) is 0 Å². The van der Waals surface area contributed by atoms with E-state index in [1.165, 1.54) is 18.5 Å². The van der Waals surface area contributed by atoms with Crippen molar-refractivity contribution in [2.24, 2.45) is 5.92 Å². The first-order chi connectivity index (χ1) is 7.70. The summed E-state index contributed by atoms with van der Waals surface area (Å²) in [5, 5.41) is 9.02. The lowest BCUT2D eigenvalue weighted by Crippen LogP contribution is -2.41. The summed E-state index contributed by atoms with van der Waals surface area (Å²) >= 11 is 0. The predicted octanol–water partition coefficient (Wildman–Crippen LogP) is 2.80. The van der Waals surface area contributed by atoms with Crippen LogP contribution in [0.25, 0.3) is 0 Å². The zero-order valence-electron chi connectivity index (χ0n) is 10.2. The first kappa shape index (κ1) is 11.5. The lowest BCUT2D eigenvalue weighted by molar-refractivity contribution is 0.282. The smallest absolute Gasteiger partial charge is 0.0681 e. The lowest BCUT2D eigenvalue weighted by Gasteiger charge is -2.38. The molecule has 2 nitrogen and oxygen atoms in total. The number of hydrogen-bond acceptors (Lipinski definition) is 2. The first-order valence-electron chi connectivity index (χ1n) is 6.17. The van der Waals surface area contributed by atoms with Crippen molar-refractivity contribution in [1.82, 2.24) is 0 Å². The zero-order chi connectivity index (χ0) is 11.5. The molecule has 0 aliphatic carbocycles. The van der Waals surface area contributed by atoms with Crippen molar-refractivity contribution in [3.05, 3.63) is 29.8 Å². The predicted molar refractivity (Wildman–Crippen MR) is 67.6 cm³/mol. The van der Waals surface area contributed by atoms with E-state index in [0.29, 0.717) is 6.04 Å². The molecular formula is C14H21NO. The summed E-state index contributed by atoms with van der Waals surface area (Å²) < 4.78 is 0. The molecule has 1 N–H and O–H groups in total. The summed E-state index contributed by atoms with van der Waals surface area (Å²) in [5.41, 5.74) is 2.28. The topological polar surface area (TPSA) is 23.5 Å². The van der Waals surface area contributed by atoms with Crippen molar-refractivity contribution in [1.29, 1.82) is 0 Å². The summed E-state index contributed by atoms with van der Waals surface area (Å²) in [4.78, 5) is 2.48. The fraction of sp³-hybridized carbons (Fsp3) is 0.571. The van der Waals surface area contributed by atoms with Crippen molar-refractivity contribution in [2.75, 3.05) is 11.4 Å². The highest BCUT2D eigenvalue weighted by Crippen LogP contribution is 2.27. The SMILES string of the molecule is CC1CCC(C)N(c2ccc(CO)cc2)C1. The standard InChI is InChI=1S/C14H21NO/c1-11-3-4-12(2)15(9-11)14-7-5-13(10-16)6-8-14/h5-8,11-12,16H,3-4,9-10H2,1-2H3. The van der Waals surface area contributed by atoms with Crippen LogP contribution >= 0.6 is 0 Å². The van der Waals surface area contributed by atoms with E-state index in [1.54, 1.807) is 0 Å². The van der Waals surface area contributed by atoms with Gasteiger partial charge in [-0.05, 0) is 43.4 Å². The second-order valence-corrected chi connectivity index (χ2v) is 5.01. The van der Waals surface area contributed by atoms with Crippen LogP contribution in [-0.2, 0) is 6.61 Å². The Kier molecular flexibility index (Phi) is 3.49. The highest BCUT2D eigenvalue weighted by Gasteiger charge is 2.22. The van der Waals surface area contributed by atoms with Crippen molar-refractivity contribution in [3.8, 4) is 0 Å². The average molecular weight is 219 g/mol. The number of rotatable bonds is 2. The molecular weight excluding hydrogens is 198 g/mol. The quantitative estimate of drug-likeness (QED) is 0.826. The van der Waals surface area contributed by atoms with Crippen LogP contribution in [0.2, 0.25) is 0 Å². The molecule has 1 aromatic carbocycles. The van der Waals surface area contributed by atoms with Gasteiger partial charge in [0.25, 0.3) is 0 Å². The number of nitrogens with zero attached hydrogens (tertiary/aromatic N) is 1. The van der Waals surface area contributed by atoms with Gasteiger partial charge in [-0.25, -0.2) is 0 Å². The van der Waals surface area contributed by atoms with Gasteiger partial charge in [0.1, 0.15) is 0 Å². The van der Waals surface area contributed by atoms with E-state index in [1.807, 2.05) is 12.1 Å². The lowest BCUT2D eigenvalue weighted by atomic mass is 9.94. The van der Waals surface area contributed by atoms with E-state index in [0.717, 1.165) is 18.0 Å². The minimum atomic E-state index is 0.131. The Morgan fingerprint density at radius 3 is 2.50 bits per heavy atom. The Morgan fingerprint density at radius 1 is 1.19 bits per heavy atom. The van der Waals surface area contributed by atoms with Crippen LogP contribution in [0.3, 0.4) is 0 Å². The number of aliphatic hydroxyl groups is 1. The molecule has 1 fully saturated rings. The van der Waals surface area contributed by atoms with E-state index in [2.05, 4.69) is 30.9 Å². The minimum Gasteiger partial charge on any atom is -0.392 e. The van der Waals surface area contributed by atoms with Crippen LogP contribution in [0.15, 0.2) is 24.3 Å². The summed E-state index contributed by atoms with van der Waals surface area (Å²) in [6.45, 7) is 5.90. The molecule has 1 saturated heterocycles. The van der Waals surface area contributed by atoms with Crippen molar-refractivity contribution < 1.29 is 5.11 Å². The fourth-order valence-corrected chi connectivity index (χ4v) is 2.44. The number of benzene rings is 1. The zero-order valence-corrected chi connectivity index (χ0v) is 10.2. The van der Waals surface area contributed by atoms with Gasteiger partial charge in [0, 0.05) is 18.3 Å². The second kappa shape index (κ2) is 4.88. The van der Waals surface area contributed by atoms with Gasteiger partial charge < -0.3 is 10.0 Å². The van der Waals surface area contributed by atoms with E-state index < -0.39 is 0 Å². The van der Waals surface area contributed by atoms with Crippen molar-refractivity contribution >= 4 is 5.69 Å². The van der Waals surface area contributed by atoms with Gasteiger partial charge >= 0.3 is 0 Å². The third-order valence-electron chi connectivity index (χ3n) is 3.57. The largest absolute Gasteiger partial charge is 0.392 e. The van der Waals surface area contributed by atoms with Crippen molar-refractivity contribution in [3.63, 3.8) is 0 Å². The van der Waals surface area contributed by atoms with E-state index in [4.69, 9.17) is 5.11 Å². The maximum atomic E-state index is 9.02. The van der Waals surface area contributed by atoms with Crippen LogP contribution < -0.4 is 4.90 Å². The number of aliphatic hydroxyl groups excluding tert-OH is 1. The maximum Gasteiger partial charge on any atom is 0.0681 e. The average Bonchev–Trinajstić information content (AvgIpc) is 2.32. The Bertz CT molecular complexity index is 333. The highest BCUT2D eigenvalue weighted by atomic mass is 16.3. The molecule has 0 bridgehead atoms. The monoisotopic (exact) mass is 219 g/mol. The molecule has 0 saturated carbocycles. The summed E-state index contributed by atoms with van der Waals surface area (Å²) in [6, 6.07) is 8.92. The molecule has 16 heavy (non-hydrogen) atoms. The summed E-state index contributed by atoms with van der Waals surface area (Å²) in [5.74, 6) is 0.786. The van der Waals surface area contributed by atoms with Crippen molar-refractivity contribution in [2.45, 2.75) is 39.3 Å². The summed E-state index contributed by atoms with van der Waals surface area (Å²) in [7, 11) is 0. The van der Waals surface area contributed by atoms with Crippen LogP contribution in [0.1, 0.15) is 32.3 Å². The van der Waals surface area contributed by atoms with Gasteiger partial charge in [-0.15, -0.1) is 0 Å². The number of hydrogen-bond donors (Lipinski definition) is 1. The molecule has 0 amide bonds. The normalized spacial score (nSPS) is 25.8. The van der Waals surface area contributed by atoms with E-state index >= 15 is 0 Å². The second-order valence-electron chi connectivity index (χ2n) is 5.01. The maximum absolute atomic E-state index is 9.02. The van der Waals surface area contributed by atoms with Gasteiger partial charge in [0.05, 0.1) is 6.61 Å².